The molecule has 4 rings (SSSR count). The Kier molecular flexibility index (Phi) is 6.91. The second-order valence-electron chi connectivity index (χ2n) is 6.81. The van der Waals surface area contributed by atoms with Gasteiger partial charge in [0.15, 0.2) is 6.61 Å². The number of hydrazone groups is 1. The number of nitro groups is 1. The molecule has 164 valence electrons. The van der Waals surface area contributed by atoms with E-state index in [1.165, 1.54) is 24.0 Å². The van der Waals surface area contributed by atoms with Gasteiger partial charge in [0.1, 0.15) is 5.75 Å². The van der Waals surface area contributed by atoms with Crippen molar-refractivity contribution < 1.29 is 14.5 Å². The lowest BCUT2D eigenvalue weighted by molar-refractivity contribution is -0.387. The maximum Gasteiger partial charge on any atom is 0.283 e. The molecule has 0 saturated heterocycles. The topological polar surface area (TPSA) is 107 Å². The minimum absolute atomic E-state index is 0.0596. The number of aromatic nitrogens is 1. The largest absolute Gasteiger partial charge is 0.484 e. The SMILES string of the molecule is O=C(COc1ccccc1)N/N=C/c1ccc(Sc2cccc3cccnc23)c([N+](=O)[O-])c1. The monoisotopic (exact) mass is 458 g/mol. The van der Waals surface area contributed by atoms with Gasteiger partial charge in [-0.25, -0.2) is 5.43 Å². The number of benzene rings is 3. The van der Waals surface area contributed by atoms with Gasteiger partial charge >= 0.3 is 0 Å². The van der Waals surface area contributed by atoms with E-state index in [1.807, 2.05) is 36.4 Å². The van der Waals surface area contributed by atoms with Crippen molar-refractivity contribution in [3.05, 3.63) is 101 Å². The Bertz CT molecular complexity index is 1320. The number of rotatable bonds is 8. The molecule has 9 heteroatoms. The molecule has 0 unspecified atom stereocenters. The molecule has 3 aromatic carbocycles. The van der Waals surface area contributed by atoms with Gasteiger partial charge in [-0.1, -0.05) is 54.2 Å². The van der Waals surface area contributed by atoms with Crippen molar-refractivity contribution in [2.45, 2.75) is 9.79 Å². The first kappa shape index (κ1) is 22.0. The van der Waals surface area contributed by atoms with Crippen LogP contribution in [-0.4, -0.2) is 28.6 Å². The van der Waals surface area contributed by atoms with E-state index >= 15 is 0 Å². The van der Waals surface area contributed by atoms with Crippen molar-refractivity contribution in [1.29, 1.82) is 0 Å². The third kappa shape index (κ3) is 5.72. The fourth-order valence-corrected chi connectivity index (χ4v) is 4.02. The predicted octanol–water partition coefficient (Wildman–Crippen LogP) is 4.82. The number of para-hydroxylation sites is 2. The van der Waals surface area contributed by atoms with Crippen LogP contribution in [0.2, 0.25) is 0 Å². The van der Waals surface area contributed by atoms with E-state index < -0.39 is 10.8 Å². The van der Waals surface area contributed by atoms with Crippen LogP contribution in [0, 0.1) is 10.1 Å². The van der Waals surface area contributed by atoms with Gasteiger partial charge < -0.3 is 4.74 Å². The molecule has 4 aromatic rings. The number of nitrogens with zero attached hydrogens (tertiary/aromatic N) is 3. The van der Waals surface area contributed by atoms with Crippen molar-refractivity contribution in [2.75, 3.05) is 6.61 Å². The van der Waals surface area contributed by atoms with Gasteiger partial charge in [-0.3, -0.25) is 19.9 Å². The molecule has 1 aromatic heterocycles. The van der Waals surface area contributed by atoms with Gasteiger partial charge in [0.2, 0.25) is 0 Å². The highest BCUT2D eigenvalue weighted by molar-refractivity contribution is 7.99. The van der Waals surface area contributed by atoms with E-state index in [0.29, 0.717) is 16.2 Å². The second-order valence-corrected chi connectivity index (χ2v) is 7.90. The number of hydrogen-bond donors (Lipinski definition) is 1. The molecular weight excluding hydrogens is 440 g/mol. The molecule has 0 fully saturated rings. The molecule has 0 saturated carbocycles. The molecule has 0 spiro atoms. The van der Waals surface area contributed by atoms with Crippen LogP contribution < -0.4 is 10.2 Å². The summed E-state index contributed by atoms with van der Waals surface area (Å²) < 4.78 is 5.34. The fraction of sp³-hybridized carbons (Fsp3) is 0.0417. The van der Waals surface area contributed by atoms with E-state index in [4.69, 9.17) is 4.74 Å². The minimum atomic E-state index is -0.444. The van der Waals surface area contributed by atoms with E-state index in [-0.39, 0.29) is 12.3 Å². The van der Waals surface area contributed by atoms with Crippen LogP contribution in [-0.2, 0) is 4.79 Å². The summed E-state index contributed by atoms with van der Waals surface area (Å²) in [5.41, 5.74) is 3.55. The number of carbonyl (C=O) groups excluding carboxylic acids is 1. The molecule has 1 amide bonds. The first-order valence-corrected chi connectivity index (χ1v) is 10.7. The molecule has 8 nitrogen and oxygen atoms in total. The molecule has 33 heavy (non-hydrogen) atoms. The summed E-state index contributed by atoms with van der Waals surface area (Å²) in [4.78, 5) is 28.8. The summed E-state index contributed by atoms with van der Waals surface area (Å²) in [5, 5.41) is 16.5. The Hall–Kier alpha value is -4.24. The third-order valence-electron chi connectivity index (χ3n) is 4.51. The van der Waals surface area contributed by atoms with E-state index in [2.05, 4.69) is 15.5 Å². The van der Waals surface area contributed by atoms with E-state index in [9.17, 15) is 14.9 Å². The molecule has 0 atom stereocenters. The molecule has 0 aliphatic rings. The highest BCUT2D eigenvalue weighted by atomic mass is 32.2. The standard InChI is InChI=1S/C24H18N4O4S/c29-23(16-32-19-8-2-1-3-9-19)27-26-15-17-11-12-21(20(14-17)28(30)31)33-22-10-4-6-18-7-5-13-25-24(18)22/h1-15H,16H2,(H,27,29)/b26-15+. The van der Waals surface area contributed by atoms with Crippen molar-refractivity contribution in [3.63, 3.8) is 0 Å². The second kappa shape index (κ2) is 10.4. The van der Waals surface area contributed by atoms with Gasteiger partial charge in [0, 0.05) is 28.1 Å². The van der Waals surface area contributed by atoms with Crippen molar-refractivity contribution in [1.82, 2.24) is 10.4 Å². The molecule has 0 bridgehead atoms. The van der Waals surface area contributed by atoms with Crippen LogP contribution in [0.15, 0.2) is 100.0 Å². The van der Waals surface area contributed by atoms with Crippen LogP contribution in [0.1, 0.15) is 5.56 Å². The normalized spacial score (nSPS) is 10.9. The van der Waals surface area contributed by atoms with Crippen LogP contribution in [0.3, 0.4) is 0 Å². The number of amides is 1. The average molecular weight is 458 g/mol. The maximum atomic E-state index is 11.9. The molecule has 0 aliphatic heterocycles. The lowest BCUT2D eigenvalue weighted by Crippen LogP contribution is -2.24. The van der Waals surface area contributed by atoms with E-state index in [0.717, 1.165) is 15.8 Å². The van der Waals surface area contributed by atoms with Crippen molar-refractivity contribution in [3.8, 4) is 5.75 Å². The summed E-state index contributed by atoms with van der Waals surface area (Å²) >= 11 is 1.28. The summed E-state index contributed by atoms with van der Waals surface area (Å²) in [6.07, 6.45) is 3.04. The summed E-state index contributed by atoms with van der Waals surface area (Å²) in [5.74, 6) is 0.127. The maximum absolute atomic E-state index is 11.9. The molecular formula is C24H18N4O4S. The highest BCUT2D eigenvalue weighted by Gasteiger charge is 2.17. The summed E-state index contributed by atoms with van der Waals surface area (Å²) in [6, 6.07) is 23.2. The van der Waals surface area contributed by atoms with Gasteiger partial charge in [-0.05, 0) is 30.3 Å². The predicted molar refractivity (Wildman–Crippen MR) is 127 cm³/mol. The summed E-state index contributed by atoms with van der Waals surface area (Å²) in [6.45, 7) is -0.198. The zero-order valence-corrected chi connectivity index (χ0v) is 18.1. The minimum Gasteiger partial charge on any atom is -0.484 e. The Morgan fingerprint density at radius 1 is 1.06 bits per heavy atom. The van der Waals surface area contributed by atoms with Crippen molar-refractivity contribution in [2.24, 2.45) is 5.10 Å². The van der Waals surface area contributed by atoms with Crippen LogP contribution in [0.25, 0.3) is 10.9 Å². The van der Waals surface area contributed by atoms with Gasteiger partial charge in [0.25, 0.3) is 11.6 Å². The molecule has 1 N–H and O–H groups in total. The molecule has 0 radical (unpaired) electrons. The Morgan fingerprint density at radius 3 is 2.70 bits per heavy atom. The highest BCUT2D eigenvalue weighted by Crippen LogP contribution is 2.37. The van der Waals surface area contributed by atoms with Crippen LogP contribution in [0.4, 0.5) is 5.69 Å². The quantitative estimate of drug-likeness (QED) is 0.230. The molecule has 1 heterocycles. The van der Waals surface area contributed by atoms with Gasteiger partial charge in [0.05, 0.1) is 21.6 Å². The number of fused-ring (bicyclic) bond motifs is 1. The Labute approximate surface area is 193 Å². The Morgan fingerprint density at radius 2 is 1.88 bits per heavy atom. The first-order chi connectivity index (χ1) is 16.1. The number of nitro benzene ring substituents is 1. The van der Waals surface area contributed by atoms with Gasteiger partial charge in [-0.15, -0.1) is 0 Å². The lowest BCUT2D eigenvalue weighted by atomic mass is 10.2. The number of nitrogens with one attached hydrogen (secondary N) is 1. The fourth-order valence-electron chi connectivity index (χ4n) is 3.00. The summed E-state index contributed by atoms with van der Waals surface area (Å²) in [7, 11) is 0. The Balaban J connectivity index is 1.44. The molecule has 0 aliphatic carbocycles. The van der Waals surface area contributed by atoms with Crippen LogP contribution >= 0.6 is 11.8 Å². The third-order valence-corrected chi connectivity index (χ3v) is 5.63. The number of pyridine rings is 1. The number of ether oxygens (including phenoxy) is 1. The number of carbonyl (C=O) groups is 1. The van der Waals surface area contributed by atoms with Crippen molar-refractivity contribution >= 4 is 40.5 Å². The van der Waals surface area contributed by atoms with Crippen LogP contribution in [0.5, 0.6) is 5.75 Å². The zero-order chi connectivity index (χ0) is 23.0. The average Bonchev–Trinajstić information content (AvgIpc) is 2.84. The lowest BCUT2D eigenvalue weighted by Gasteiger charge is -2.07. The first-order valence-electron chi connectivity index (χ1n) is 9.90. The van der Waals surface area contributed by atoms with Gasteiger partial charge in [-0.2, -0.15) is 5.10 Å². The zero-order valence-electron chi connectivity index (χ0n) is 17.3. The van der Waals surface area contributed by atoms with E-state index in [1.54, 1.807) is 42.6 Å². The number of hydrogen-bond acceptors (Lipinski definition) is 7. The smallest absolute Gasteiger partial charge is 0.283 e.